The highest BCUT2D eigenvalue weighted by molar-refractivity contribution is 5.95. The van der Waals surface area contributed by atoms with Gasteiger partial charge in [0.05, 0.1) is 11.5 Å². The van der Waals surface area contributed by atoms with Crippen molar-refractivity contribution in [2.45, 2.75) is 19.8 Å². The van der Waals surface area contributed by atoms with Gasteiger partial charge in [0.1, 0.15) is 5.82 Å². The maximum absolute atomic E-state index is 13.9. The second-order valence-corrected chi connectivity index (χ2v) is 4.87. The lowest BCUT2D eigenvalue weighted by Crippen LogP contribution is -2.42. The van der Waals surface area contributed by atoms with Gasteiger partial charge >= 0.3 is 5.97 Å². The van der Waals surface area contributed by atoms with Crippen LogP contribution in [-0.2, 0) is 4.79 Å². The molecule has 0 bridgehead atoms. The average molecular weight is 265 g/mol. The van der Waals surface area contributed by atoms with Crippen LogP contribution < -0.4 is 0 Å². The number of carboxylic acid groups (broad SMARTS) is 1. The van der Waals surface area contributed by atoms with E-state index in [1.54, 1.807) is 19.1 Å². The second-order valence-electron chi connectivity index (χ2n) is 4.87. The van der Waals surface area contributed by atoms with Gasteiger partial charge in [-0.1, -0.05) is 12.1 Å². The molecule has 4 nitrogen and oxygen atoms in total. The maximum Gasteiger partial charge on any atom is 0.308 e. The molecule has 0 radical (unpaired) electrons. The molecular weight excluding hydrogens is 249 g/mol. The van der Waals surface area contributed by atoms with E-state index in [0.717, 1.165) is 0 Å². The average Bonchev–Trinajstić information content (AvgIpc) is 2.41. The number of nitrogens with zero attached hydrogens (tertiary/aromatic N) is 1. The number of likely N-dealkylation sites (tertiary alicyclic amines) is 1. The Morgan fingerprint density at radius 1 is 1.42 bits per heavy atom. The first-order chi connectivity index (χ1) is 9.00. The van der Waals surface area contributed by atoms with E-state index in [1.807, 2.05) is 0 Å². The first kappa shape index (κ1) is 13.5. The molecule has 2 rings (SSSR count). The fraction of sp³-hybridized carbons (Fsp3) is 0.429. The summed E-state index contributed by atoms with van der Waals surface area (Å²) in [5.74, 6) is -2.40. The third kappa shape index (κ3) is 2.75. The standard InChI is InChI=1S/C14H16FNO3/c1-9-4-2-6-11(12(9)15)13(17)16-7-3-5-10(8-16)14(18)19/h2,4,6,10H,3,5,7-8H2,1H3,(H,18,19). The van der Waals surface area contributed by atoms with Crippen molar-refractivity contribution < 1.29 is 19.1 Å². The molecule has 1 aliphatic heterocycles. The predicted molar refractivity (Wildman–Crippen MR) is 67.4 cm³/mol. The number of hydrogen-bond donors (Lipinski definition) is 1. The van der Waals surface area contributed by atoms with Crippen LogP contribution >= 0.6 is 0 Å². The summed E-state index contributed by atoms with van der Waals surface area (Å²) in [7, 11) is 0. The molecule has 1 aromatic rings. The molecule has 1 N–H and O–H groups in total. The van der Waals surface area contributed by atoms with Crippen LogP contribution in [0.4, 0.5) is 4.39 Å². The Morgan fingerprint density at radius 2 is 2.16 bits per heavy atom. The SMILES string of the molecule is Cc1cccc(C(=O)N2CCCC(C(=O)O)C2)c1F. The zero-order chi connectivity index (χ0) is 14.0. The Kier molecular flexibility index (Phi) is 3.83. The Balaban J connectivity index is 2.19. The molecular formula is C14H16FNO3. The maximum atomic E-state index is 13.9. The molecule has 0 aliphatic carbocycles. The number of amides is 1. The number of aliphatic carboxylic acids is 1. The quantitative estimate of drug-likeness (QED) is 0.890. The first-order valence-electron chi connectivity index (χ1n) is 6.28. The van der Waals surface area contributed by atoms with Crippen LogP contribution in [0.25, 0.3) is 0 Å². The van der Waals surface area contributed by atoms with E-state index in [2.05, 4.69) is 0 Å². The number of aryl methyl sites for hydroxylation is 1. The van der Waals surface area contributed by atoms with Crippen LogP contribution in [0.2, 0.25) is 0 Å². The van der Waals surface area contributed by atoms with Crippen molar-refractivity contribution in [1.29, 1.82) is 0 Å². The normalized spacial score (nSPS) is 19.3. The van der Waals surface area contributed by atoms with E-state index < -0.39 is 23.6 Å². The van der Waals surface area contributed by atoms with Gasteiger partial charge in [0, 0.05) is 13.1 Å². The number of rotatable bonds is 2. The Morgan fingerprint density at radius 3 is 2.84 bits per heavy atom. The molecule has 1 aromatic carbocycles. The number of carboxylic acids is 1. The lowest BCUT2D eigenvalue weighted by molar-refractivity contribution is -0.143. The summed E-state index contributed by atoms with van der Waals surface area (Å²) in [4.78, 5) is 24.6. The number of carbonyl (C=O) groups is 2. The number of halogens is 1. The minimum atomic E-state index is -0.901. The summed E-state index contributed by atoms with van der Waals surface area (Å²) in [5, 5.41) is 9.00. The minimum Gasteiger partial charge on any atom is -0.481 e. The van der Waals surface area contributed by atoms with Crippen molar-refractivity contribution in [3.63, 3.8) is 0 Å². The third-order valence-corrected chi connectivity index (χ3v) is 3.48. The van der Waals surface area contributed by atoms with Gasteiger partial charge in [-0.3, -0.25) is 9.59 Å². The summed E-state index contributed by atoms with van der Waals surface area (Å²) in [6.07, 6.45) is 1.20. The highest BCUT2D eigenvalue weighted by Gasteiger charge is 2.29. The summed E-state index contributed by atoms with van der Waals surface area (Å²) >= 11 is 0. The molecule has 0 saturated carbocycles. The molecule has 1 atom stereocenters. The van der Waals surface area contributed by atoms with Gasteiger partial charge in [-0.15, -0.1) is 0 Å². The van der Waals surface area contributed by atoms with Crippen LogP contribution in [0.3, 0.4) is 0 Å². The second kappa shape index (κ2) is 5.38. The van der Waals surface area contributed by atoms with Crippen LogP contribution in [-0.4, -0.2) is 35.0 Å². The molecule has 5 heteroatoms. The lowest BCUT2D eigenvalue weighted by Gasteiger charge is -2.30. The fourth-order valence-corrected chi connectivity index (χ4v) is 2.35. The van der Waals surface area contributed by atoms with E-state index in [0.29, 0.717) is 24.9 Å². The lowest BCUT2D eigenvalue weighted by atomic mass is 9.97. The van der Waals surface area contributed by atoms with Gasteiger partial charge < -0.3 is 10.0 Å². The van der Waals surface area contributed by atoms with Crippen molar-refractivity contribution >= 4 is 11.9 Å². The summed E-state index contributed by atoms with van der Waals surface area (Å²) in [6.45, 7) is 2.24. The molecule has 1 fully saturated rings. The Labute approximate surface area is 110 Å². The van der Waals surface area contributed by atoms with E-state index >= 15 is 0 Å². The van der Waals surface area contributed by atoms with Crippen molar-refractivity contribution in [3.8, 4) is 0 Å². The van der Waals surface area contributed by atoms with Crippen molar-refractivity contribution in [2.75, 3.05) is 13.1 Å². The number of benzene rings is 1. The fourth-order valence-electron chi connectivity index (χ4n) is 2.35. The van der Waals surface area contributed by atoms with Gasteiger partial charge in [-0.05, 0) is 31.4 Å². The van der Waals surface area contributed by atoms with Crippen LogP contribution in [0.5, 0.6) is 0 Å². The van der Waals surface area contributed by atoms with E-state index in [1.165, 1.54) is 11.0 Å². The molecule has 19 heavy (non-hydrogen) atoms. The first-order valence-corrected chi connectivity index (χ1v) is 6.28. The number of hydrogen-bond acceptors (Lipinski definition) is 2. The van der Waals surface area contributed by atoms with Crippen molar-refractivity contribution in [1.82, 2.24) is 4.90 Å². The van der Waals surface area contributed by atoms with E-state index in [9.17, 15) is 14.0 Å². The highest BCUT2D eigenvalue weighted by Crippen LogP contribution is 2.20. The van der Waals surface area contributed by atoms with Crippen LogP contribution in [0.1, 0.15) is 28.8 Å². The topological polar surface area (TPSA) is 57.6 Å². The Hall–Kier alpha value is -1.91. The monoisotopic (exact) mass is 265 g/mol. The molecule has 1 unspecified atom stereocenters. The molecule has 0 spiro atoms. The summed E-state index contributed by atoms with van der Waals surface area (Å²) < 4.78 is 13.9. The van der Waals surface area contributed by atoms with Gasteiger partial charge in [0.2, 0.25) is 0 Å². The van der Waals surface area contributed by atoms with Gasteiger partial charge in [-0.2, -0.15) is 0 Å². The zero-order valence-electron chi connectivity index (χ0n) is 10.7. The minimum absolute atomic E-state index is 0.0195. The van der Waals surface area contributed by atoms with E-state index in [-0.39, 0.29) is 12.1 Å². The van der Waals surface area contributed by atoms with Gasteiger partial charge in [0.25, 0.3) is 5.91 Å². The van der Waals surface area contributed by atoms with Gasteiger partial charge in [-0.25, -0.2) is 4.39 Å². The van der Waals surface area contributed by atoms with Gasteiger partial charge in [0.15, 0.2) is 0 Å². The van der Waals surface area contributed by atoms with Crippen molar-refractivity contribution in [2.24, 2.45) is 5.92 Å². The van der Waals surface area contributed by atoms with E-state index in [4.69, 9.17) is 5.11 Å². The molecule has 1 saturated heterocycles. The number of carbonyl (C=O) groups excluding carboxylic acids is 1. The molecule has 102 valence electrons. The zero-order valence-corrected chi connectivity index (χ0v) is 10.7. The molecule has 1 aliphatic rings. The highest BCUT2D eigenvalue weighted by atomic mass is 19.1. The number of piperidine rings is 1. The van der Waals surface area contributed by atoms with Crippen molar-refractivity contribution in [3.05, 3.63) is 35.1 Å². The summed E-state index contributed by atoms with van der Waals surface area (Å²) in [5.41, 5.74) is 0.434. The largest absolute Gasteiger partial charge is 0.481 e. The molecule has 1 heterocycles. The Bertz CT molecular complexity index is 515. The predicted octanol–water partition coefficient (Wildman–Crippen LogP) is 2.07. The van der Waals surface area contributed by atoms with Crippen LogP contribution in [0, 0.1) is 18.7 Å². The molecule has 1 amide bonds. The summed E-state index contributed by atoms with van der Waals surface area (Å²) in [6, 6.07) is 4.67. The third-order valence-electron chi connectivity index (χ3n) is 3.48. The van der Waals surface area contributed by atoms with Crippen LogP contribution in [0.15, 0.2) is 18.2 Å². The smallest absolute Gasteiger partial charge is 0.308 e. The molecule has 0 aromatic heterocycles.